The Kier molecular flexibility index (Phi) is 6.49. The van der Waals surface area contributed by atoms with Crippen LogP contribution < -0.4 is 10.2 Å². The number of amides is 1. The highest BCUT2D eigenvalue weighted by atomic mass is 35.5. The Labute approximate surface area is 190 Å². The Morgan fingerprint density at radius 1 is 1.19 bits per heavy atom. The lowest BCUT2D eigenvalue weighted by molar-refractivity contribution is -0.137. The van der Waals surface area contributed by atoms with Gasteiger partial charge in [-0.3, -0.25) is 9.69 Å². The molecule has 1 saturated heterocycles. The molecule has 0 unspecified atom stereocenters. The summed E-state index contributed by atoms with van der Waals surface area (Å²) in [6, 6.07) is 11.4. The van der Waals surface area contributed by atoms with Gasteiger partial charge in [0, 0.05) is 43.4 Å². The topological polar surface area (TPSA) is 35.6 Å². The van der Waals surface area contributed by atoms with E-state index in [0.29, 0.717) is 30.2 Å². The highest BCUT2D eigenvalue weighted by Crippen LogP contribution is 2.39. The number of nitrogens with zero attached hydrogens (tertiary/aromatic N) is 2. The average molecular weight is 464 g/mol. The molecule has 4 nitrogen and oxygen atoms in total. The maximum absolute atomic E-state index is 13.3. The number of benzene rings is 2. The molecule has 2 aliphatic rings. The fourth-order valence-electron chi connectivity index (χ4n) is 4.65. The van der Waals surface area contributed by atoms with Crippen LogP contribution in [0.2, 0.25) is 5.02 Å². The van der Waals surface area contributed by atoms with Gasteiger partial charge in [0.1, 0.15) is 0 Å². The normalized spacial score (nSPS) is 20.9. The Hall–Kier alpha value is -2.51. The smallest absolute Gasteiger partial charge is 0.365 e. The molecular weight excluding hydrogens is 439 g/mol. The molecule has 4 rings (SSSR count). The van der Waals surface area contributed by atoms with Gasteiger partial charge in [-0.1, -0.05) is 29.8 Å². The van der Waals surface area contributed by atoms with Gasteiger partial charge in [0.05, 0.1) is 17.5 Å². The maximum atomic E-state index is 13.3. The summed E-state index contributed by atoms with van der Waals surface area (Å²) in [7, 11) is 0. The zero-order chi connectivity index (χ0) is 22.9. The van der Waals surface area contributed by atoms with Crippen LogP contribution in [0.4, 0.5) is 18.9 Å². The first-order valence-electron chi connectivity index (χ1n) is 10.6. The van der Waals surface area contributed by atoms with Gasteiger partial charge in [0.25, 0.3) is 0 Å². The maximum Gasteiger partial charge on any atom is 0.416 e. The van der Waals surface area contributed by atoms with Crippen LogP contribution in [-0.2, 0) is 23.9 Å². The number of carbonyl (C=O) groups excluding carboxylic acids is 1. The van der Waals surface area contributed by atoms with Crippen LogP contribution in [0, 0.1) is 5.92 Å². The molecule has 2 aromatic carbocycles. The van der Waals surface area contributed by atoms with E-state index in [-0.39, 0.29) is 18.4 Å². The average Bonchev–Trinajstić information content (AvgIpc) is 2.77. The molecule has 2 atom stereocenters. The number of hydrogen-bond donors (Lipinski definition) is 1. The molecule has 2 aliphatic heterocycles. The van der Waals surface area contributed by atoms with E-state index in [1.54, 1.807) is 12.1 Å². The summed E-state index contributed by atoms with van der Waals surface area (Å²) in [6.07, 6.45) is -2.54. The molecule has 1 fully saturated rings. The Morgan fingerprint density at radius 2 is 1.94 bits per heavy atom. The predicted octanol–water partition coefficient (Wildman–Crippen LogP) is 4.52. The van der Waals surface area contributed by atoms with Gasteiger partial charge in [-0.2, -0.15) is 13.2 Å². The van der Waals surface area contributed by atoms with Gasteiger partial charge in [-0.05, 0) is 47.9 Å². The fourth-order valence-corrected chi connectivity index (χ4v) is 4.78. The quantitative estimate of drug-likeness (QED) is 0.662. The van der Waals surface area contributed by atoms with Crippen molar-refractivity contribution >= 4 is 23.2 Å². The zero-order valence-corrected chi connectivity index (χ0v) is 18.3. The molecule has 8 heteroatoms. The monoisotopic (exact) mass is 463 g/mol. The summed E-state index contributed by atoms with van der Waals surface area (Å²) < 4.78 is 39.8. The predicted molar refractivity (Wildman–Crippen MR) is 120 cm³/mol. The third-order valence-electron chi connectivity index (χ3n) is 6.20. The number of halogens is 4. The van der Waals surface area contributed by atoms with E-state index in [0.717, 1.165) is 30.4 Å². The Bertz CT molecular complexity index is 993. The molecule has 2 heterocycles. The van der Waals surface area contributed by atoms with Gasteiger partial charge in [0.15, 0.2) is 0 Å². The van der Waals surface area contributed by atoms with E-state index in [2.05, 4.69) is 21.7 Å². The molecule has 0 saturated carbocycles. The largest absolute Gasteiger partial charge is 0.416 e. The van der Waals surface area contributed by atoms with Crippen molar-refractivity contribution in [3.8, 4) is 0 Å². The van der Waals surface area contributed by atoms with E-state index in [4.69, 9.17) is 11.6 Å². The van der Waals surface area contributed by atoms with Crippen molar-refractivity contribution in [1.29, 1.82) is 0 Å². The Balaban J connectivity index is 1.61. The minimum Gasteiger partial charge on any atom is -0.365 e. The minimum absolute atomic E-state index is 0.120. The second kappa shape index (κ2) is 9.16. The van der Waals surface area contributed by atoms with Crippen LogP contribution in [0.15, 0.2) is 55.1 Å². The van der Waals surface area contributed by atoms with Gasteiger partial charge in [-0.15, -0.1) is 6.58 Å². The van der Waals surface area contributed by atoms with E-state index >= 15 is 0 Å². The second-order valence-electron chi connectivity index (χ2n) is 8.31. The van der Waals surface area contributed by atoms with Crippen LogP contribution in [0.25, 0.3) is 0 Å². The molecule has 0 aromatic heterocycles. The molecule has 32 heavy (non-hydrogen) atoms. The fraction of sp³-hybridized carbons (Fsp3) is 0.375. The first-order chi connectivity index (χ1) is 15.3. The number of fused-ring (bicyclic) bond motifs is 3. The van der Waals surface area contributed by atoms with Gasteiger partial charge in [-0.25, -0.2) is 0 Å². The second-order valence-corrected chi connectivity index (χ2v) is 8.74. The van der Waals surface area contributed by atoms with Crippen molar-refractivity contribution in [2.45, 2.75) is 25.2 Å². The highest BCUT2D eigenvalue weighted by Gasteiger charge is 2.42. The number of hydrogen-bond acceptors (Lipinski definition) is 3. The number of rotatable bonds is 5. The summed E-state index contributed by atoms with van der Waals surface area (Å²) >= 11 is 5.99. The van der Waals surface area contributed by atoms with E-state index < -0.39 is 17.7 Å². The summed E-state index contributed by atoms with van der Waals surface area (Å²) in [5, 5.41) is 3.52. The number of nitrogens with one attached hydrogen (secondary N) is 1. The van der Waals surface area contributed by atoms with Crippen molar-refractivity contribution in [3.63, 3.8) is 0 Å². The molecule has 0 bridgehead atoms. The Morgan fingerprint density at radius 3 is 2.62 bits per heavy atom. The third-order valence-corrected chi connectivity index (χ3v) is 6.45. The van der Waals surface area contributed by atoms with E-state index in [9.17, 15) is 18.0 Å². The standard InChI is InChI=1S/C24H25ClF3N3O/c1-2-9-29-23(32)20-13-17-12-18(24(26,27)28)5-8-21(17)31-11-10-30(15-22(20)31)14-16-3-6-19(25)7-4-16/h2-8,12,20,22H,1,9-11,13-15H2,(H,29,32)/t20-,22+/m1/s1. The summed E-state index contributed by atoms with van der Waals surface area (Å²) in [4.78, 5) is 17.4. The van der Waals surface area contributed by atoms with Crippen molar-refractivity contribution in [1.82, 2.24) is 10.2 Å². The molecule has 0 aliphatic carbocycles. The van der Waals surface area contributed by atoms with Crippen molar-refractivity contribution in [2.75, 3.05) is 31.1 Å². The lowest BCUT2D eigenvalue weighted by Gasteiger charge is -2.49. The molecular formula is C24H25ClF3N3O. The number of carbonyl (C=O) groups is 1. The van der Waals surface area contributed by atoms with Crippen LogP contribution in [0.5, 0.6) is 0 Å². The first kappa shape index (κ1) is 22.7. The van der Waals surface area contributed by atoms with Crippen LogP contribution >= 0.6 is 11.6 Å². The summed E-state index contributed by atoms with van der Waals surface area (Å²) in [5.41, 5.74) is 1.81. The zero-order valence-electron chi connectivity index (χ0n) is 17.5. The number of piperazine rings is 1. The SMILES string of the molecule is C=CCNC(=O)[C@@H]1Cc2cc(C(F)(F)F)ccc2N2CCN(Cc3ccc(Cl)cc3)C[C@@H]12. The molecule has 0 radical (unpaired) electrons. The molecule has 2 aromatic rings. The summed E-state index contributed by atoms with van der Waals surface area (Å²) in [5.74, 6) is -0.602. The number of alkyl halides is 3. The van der Waals surface area contributed by atoms with Gasteiger partial charge >= 0.3 is 6.18 Å². The van der Waals surface area contributed by atoms with E-state index in [1.807, 2.05) is 24.3 Å². The summed E-state index contributed by atoms with van der Waals surface area (Å²) in [6.45, 7) is 6.72. The van der Waals surface area contributed by atoms with Crippen LogP contribution in [0.1, 0.15) is 16.7 Å². The van der Waals surface area contributed by atoms with Gasteiger partial charge < -0.3 is 10.2 Å². The lowest BCUT2D eigenvalue weighted by atomic mass is 9.82. The van der Waals surface area contributed by atoms with Crippen LogP contribution in [0.3, 0.4) is 0 Å². The van der Waals surface area contributed by atoms with Crippen molar-refractivity contribution in [3.05, 3.63) is 76.8 Å². The van der Waals surface area contributed by atoms with Crippen molar-refractivity contribution in [2.24, 2.45) is 5.92 Å². The molecule has 1 N–H and O–H groups in total. The molecule has 0 spiro atoms. The van der Waals surface area contributed by atoms with Crippen molar-refractivity contribution < 1.29 is 18.0 Å². The van der Waals surface area contributed by atoms with E-state index in [1.165, 1.54) is 6.07 Å². The number of anilines is 1. The minimum atomic E-state index is -4.41. The lowest BCUT2D eigenvalue weighted by Crippen LogP contribution is -2.60. The first-order valence-corrected chi connectivity index (χ1v) is 11.0. The molecule has 170 valence electrons. The van der Waals surface area contributed by atoms with Gasteiger partial charge in [0.2, 0.25) is 5.91 Å². The highest BCUT2D eigenvalue weighted by molar-refractivity contribution is 6.30. The molecule has 1 amide bonds. The van der Waals surface area contributed by atoms with Crippen LogP contribution in [-0.4, -0.2) is 43.0 Å². The third kappa shape index (κ3) is 4.79.